The molecule has 0 aliphatic carbocycles. The van der Waals surface area contributed by atoms with E-state index in [0.29, 0.717) is 18.3 Å². The molecule has 1 atom stereocenters. The van der Waals surface area contributed by atoms with Gasteiger partial charge in [0.05, 0.1) is 0 Å². The topological polar surface area (TPSA) is 41.1 Å². The van der Waals surface area contributed by atoms with Crippen LogP contribution in [0.1, 0.15) is 42.9 Å². The minimum Gasteiger partial charge on any atom is -0.356 e. The summed E-state index contributed by atoms with van der Waals surface area (Å²) in [5, 5.41) is 6.47. The molecule has 0 bridgehead atoms. The van der Waals surface area contributed by atoms with Crippen molar-refractivity contribution in [2.75, 3.05) is 19.6 Å². The molecule has 1 saturated heterocycles. The lowest BCUT2D eigenvalue weighted by atomic mass is 9.84. The van der Waals surface area contributed by atoms with E-state index in [1.807, 2.05) is 0 Å². The number of rotatable bonds is 6. The maximum Gasteiger partial charge on any atom is 0.220 e. The quantitative estimate of drug-likeness (QED) is 0.848. The van der Waals surface area contributed by atoms with Crippen molar-refractivity contribution in [1.82, 2.24) is 10.6 Å². The summed E-state index contributed by atoms with van der Waals surface area (Å²) in [6.07, 6.45) is 3.99. The molecular weight excluding hydrogens is 272 g/mol. The largest absolute Gasteiger partial charge is 0.356 e. The Hall–Kier alpha value is -1.35. The molecule has 2 rings (SSSR count). The summed E-state index contributed by atoms with van der Waals surface area (Å²) >= 11 is 0. The molecule has 0 spiro atoms. The van der Waals surface area contributed by atoms with Gasteiger partial charge in [-0.15, -0.1) is 0 Å². The fourth-order valence-corrected chi connectivity index (χ4v) is 3.50. The van der Waals surface area contributed by atoms with E-state index in [-0.39, 0.29) is 5.91 Å². The lowest BCUT2D eigenvalue weighted by molar-refractivity contribution is -0.122. The Kier molecular flexibility index (Phi) is 6.44. The smallest absolute Gasteiger partial charge is 0.220 e. The first kappa shape index (κ1) is 17.0. The number of hydrogen-bond acceptors (Lipinski definition) is 2. The number of benzene rings is 1. The van der Waals surface area contributed by atoms with Crippen molar-refractivity contribution in [3.8, 4) is 0 Å². The summed E-state index contributed by atoms with van der Waals surface area (Å²) in [6, 6.07) is 6.59. The Morgan fingerprint density at radius 3 is 2.50 bits per heavy atom. The van der Waals surface area contributed by atoms with Crippen LogP contribution in [0, 0.1) is 25.7 Å². The second-order valence-corrected chi connectivity index (χ2v) is 6.86. The zero-order valence-corrected chi connectivity index (χ0v) is 14.2. The van der Waals surface area contributed by atoms with Gasteiger partial charge < -0.3 is 10.6 Å². The van der Waals surface area contributed by atoms with Gasteiger partial charge in [-0.1, -0.05) is 36.2 Å². The summed E-state index contributed by atoms with van der Waals surface area (Å²) in [5.74, 6) is 1.39. The fourth-order valence-electron chi connectivity index (χ4n) is 3.50. The van der Waals surface area contributed by atoms with Crippen LogP contribution in [-0.4, -0.2) is 25.5 Å². The predicted octanol–water partition coefficient (Wildman–Crippen LogP) is 2.99. The van der Waals surface area contributed by atoms with Gasteiger partial charge in [-0.3, -0.25) is 4.79 Å². The molecule has 3 nitrogen and oxygen atoms in total. The molecule has 1 fully saturated rings. The van der Waals surface area contributed by atoms with Crippen molar-refractivity contribution in [2.45, 2.75) is 46.5 Å². The maximum atomic E-state index is 12.1. The van der Waals surface area contributed by atoms with Gasteiger partial charge in [-0.25, -0.2) is 0 Å². The average molecular weight is 302 g/mol. The number of carbonyl (C=O) groups is 1. The van der Waals surface area contributed by atoms with Gasteiger partial charge in [0.15, 0.2) is 0 Å². The number of carbonyl (C=O) groups excluding carboxylic acids is 1. The number of amides is 1. The van der Waals surface area contributed by atoms with Gasteiger partial charge in [0.2, 0.25) is 5.91 Å². The van der Waals surface area contributed by atoms with E-state index in [0.717, 1.165) is 26.1 Å². The van der Waals surface area contributed by atoms with Crippen molar-refractivity contribution in [2.24, 2.45) is 11.8 Å². The van der Waals surface area contributed by atoms with Gasteiger partial charge >= 0.3 is 0 Å². The summed E-state index contributed by atoms with van der Waals surface area (Å²) in [7, 11) is 0. The Balaban J connectivity index is 1.70. The van der Waals surface area contributed by atoms with Crippen molar-refractivity contribution >= 4 is 5.91 Å². The van der Waals surface area contributed by atoms with E-state index >= 15 is 0 Å². The van der Waals surface area contributed by atoms with Crippen LogP contribution in [0.3, 0.4) is 0 Å². The molecule has 1 aliphatic rings. The normalized spacial score (nSPS) is 17.2. The van der Waals surface area contributed by atoms with Gasteiger partial charge in [0, 0.05) is 13.0 Å². The molecule has 0 aromatic heterocycles. The molecule has 0 saturated carbocycles. The molecule has 0 radical (unpaired) electrons. The third-order valence-corrected chi connectivity index (χ3v) is 4.71. The third-order valence-electron chi connectivity index (χ3n) is 4.71. The zero-order chi connectivity index (χ0) is 15.9. The minimum atomic E-state index is 0.204. The summed E-state index contributed by atoms with van der Waals surface area (Å²) in [5.41, 5.74) is 3.89. The van der Waals surface area contributed by atoms with E-state index in [1.165, 1.54) is 29.5 Å². The molecule has 122 valence electrons. The molecular formula is C19H30N2O. The molecule has 1 aliphatic heterocycles. The molecule has 1 amide bonds. The molecule has 1 aromatic carbocycles. The Labute approximate surface area is 134 Å². The van der Waals surface area contributed by atoms with E-state index in [1.54, 1.807) is 0 Å². The third kappa shape index (κ3) is 5.45. The van der Waals surface area contributed by atoms with Gasteiger partial charge in [-0.05, 0) is 63.6 Å². The lowest BCUT2D eigenvalue weighted by Crippen LogP contribution is -2.34. The van der Waals surface area contributed by atoms with Crippen LogP contribution in [0.25, 0.3) is 0 Å². The summed E-state index contributed by atoms with van der Waals surface area (Å²) < 4.78 is 0. The fraction of sp³-hybridized carbons (Fsp3) is 0.632. The zero-order valence-electron chi connectivity index (χ0n) is 14.2. The monoisotopic (exact) mass is 302 g/mol. The Morgan fingerprint density at radius 1 is 1.23 bits per heavy atom. The van der Waals surface area contributed by atoms with E-state index < -0.39 is 0 Å². The van der Waals surface area contributed by atoms with Crippen LogP contribution in [0.4, 0.5) is 0 Å². The number of aryl methyl sites for hydroxylation is 2. The molecule has 1 aromatic rings. The van der Waals surface area contributed by atoms with Crippen molar-refractivity contribution in [3.63, 3.8) is 0 Å². The number of nitrogens with one attached hydrogen (secondary N) is 2. The highest BCUT2D eigenvalue weighted by atomic mass is 16.1. The van der Waals surface area contributed by atoms with E-state index in [4.69, 9.17) is 0 Å². The first-order valence-electron chi connectivity index (χ1n) is 8.59. The van der Waals surface area contributed by atoms with Crippen molar-refractivity contribution in [1.29, 1.82) is 0 Å². The molecule has 3 heteroatoms. The average Bonchev–Trinajstić information content (AvgIpc) is 2.47. The first-order valence-corrected chi connectivity index (χ1v) is 8.59. The van der Waals surface area contributed by atoms with E-state index in [9.17, 15) is 4.79 Å². The van der Waals surface area contributed by atoms with Gasteiger partial charge in [-0.2, -0.15) is 0 Å². The molecule has 1 heterocycles. The Morgan fingerprint density at radius 2 is 1.86 bits per heavy atom. The standard InChI is InChI=1S/C19H30N2O/c1-14-10-15(2)12-17(11-14)4-9-21-19(22)13-16(3)18-5-7-20-8-6-18/h10-12,16,18,20H,4-9,13H2,1-3H3,(H,21,22). The SMILES string of the molecule is Cc1cc(C)cc(CCNC(=O)CC(C)C2CCNCC2)c1. The lowest BCUT2D eigenvalue weighted by Gasteiger charge is -2.27. The second-order valence-electron chi connectivity index (χ2n) is 6.86. The van der Waals surface area contributed by atoms with Crippen molar-refractivity contribution < 1.29 is 4.79 Å². The molecule has 22 heavy (non-hydrogen) atoms. The maximum absolute atomic E-state index is 12.1. The highest BCUT2D eigenvalue weighted by Crippen LogP contribution is 2.24. The van der Waals surface area contributed by atoms with Crippen LogP contribution >= 0.6 is 0 Å². The van der Waals surface area contributed by atoms with Crippen LogP contribution in [-0.2, 0) is 11.2 Å². The minimum absolute atomic E-state index is 0.204. The van der Waals surface area contributed by atoms with Crippen LogP contribution in [0.5, 0.6) is 0 Å². The second kappa shape index (κ2) is 8.33. The van der Waals surface area contributed by atoms with Crippen LogP contribution in [0.15, 0.2) is 18.2 Å². The van der Waals surface area contributed by atoms with Crippen LogP contribution in [0.2, 0.25) is 0 Å². The van der Waals surface area contributed by atoms with E-state index in [2.05, 4.69) is 49.6 Å². The number of hydrogen-bond donors (Lipinski definition) is 2. The van der Waals surface area contributed by atoms with Crippen LogP contribution < -0.4 is 10.6 Å². The van der Waals surface area contributed by atoms with Crippen molar-refractivity contribution in [3.05, 3.63) is 34.9 Å². The van der Waals surface area contributed by atoms with Gasteiger partial charge in [0.25, 0.3) is 0 Å². The highest BCUT2D eigenvalue weighted by Gasteiger charge is 2.21. The first-order chi connectivity index (χ1) is 10.5. The number of piperidine rings is 1. The summed E-state index contributed by atoms with van der Waals surface area (Å²) in [6.45, 7) is 9.40. The molecule has 2 N–H and O–H groups in total. The highest BCUT2D eigenvalue weighted by molar-refractivity contribution is 5.76. The summed E-state index contributed by atoms with van der Waals surface area (Å²) in [4.78, 5) is 12.1. The predicted molar refractivity (Wildman–Crippen MR) is 92.0 cm³/mol. The Bertz CT molecular complexity index is 472. The van der Waals surface area contributed by atoms with Gasteiger partial charge in [0.1, 0.15) is 0 Å². The molecule has 1 unspecified atom stereocenters.